The summed E-state index contributed by atoms with van der Waals surface area (Å²) in [5.41, 5.74) is 4.41. The molecule has 1 atom stereocenters. The van der Waals surface area contributed by atoms with Crippen LogP contribution in [0.25, 0.3) is 23.5 Å². The summed E-state index contributed by atoms with van der Waals surface area (Å²) in [5, 5.41) is 8.22. The number of nitrogens with one attached hydrogen (secondary N) is 2. The van der Waals surface area contributed by atoms with Gasteiger partial charge < -0.3 is 15.4 Å². The molecule has 2 aromatic carbocycles. The number of ether oxygens (including phenoxy) is 1. The van der Waals surface area contributed by atoms with Gasteiger partial charge in [-0.15, -0.1) is 0 Å². The van der Waals surface area contributed by atoms with Gasteiger partial charge >= 0.3 is 0 Å². The number of hydrogen-bond donors (Lipinski definition) is 2. The van der Waals surface area contributed by atoms with E-state index in [1.54, 1.807) is 0 Å². The Labute approximate surface area is 187 Å². The van der Waals surface area contributed by atoms with E-state index in [4.69, 9.17) is 9.72 Å². The van der Waals surface area contributed by atoms with E-state index in [1.165, 1.54) is 11.1 Å². The van der Waals surface area contributed by atoms with Crippen LogP contribution in [-0.4, -0.2) is 17.1 Å². The molecule has 162 valence electrons. The smallest absolute Gasteiger partial charge is 0.227 e. The van der Waals surface area contributed by atoms with Crippen molar-refractivity contribution in [3.63, 3.8) is 0 Å². The molecule has 0 radical (unpaired) electrons. The molecule has 1 saturated carbocycles. The van der Waals surface area contributed by atoms with E-state index >= 15 is 0 Å². The first kappa shape index (κ1) is 20.3. The monoisotopic (exact) mass is 425 g/mol. The molecular weight excluding hydrogens is 398 g/mol. The highest BCUT2D eigenvalue weighted by molar-refractivity contribution is 5.82. The average Bonchev–Trinajstić information content (AvgIpc) is 3.66. The molecule has 3 aromatic rings. The number of rotatable bonds is 6. The Morgan fingerprint density at radius 1 is 1.16 bits per heavy atom. The average molecular weight is 426 g/mol. The molecule has 5 nitrogen and oxygen atoms in total. The number of benzene rings is 2. The third kappa shape index (κ3) is 4.24. The predicted molar refractivity (Wildman–Crippen MR) is 126 cm³/mol. The Hall–Kier alpha value is -3.60. The van der Waals surface area contributed by atoms with Crippen molar-refractivity contribution in [1.82, 2.24) is 15.6 Å². The fourth-order valence-electron chi connectivity index (χ4n) is 3.91. The summed E-state index contributed by atoms with van der Waals surface area (Å²) in [6, 6.07) is 18.3. The van der Waals surface area contributed by atoms with E-state index in [0.29, 0.717) is 5.88 Å². The largest absolute Gasteiger partial charge is 0.438 e. The fourth-order valence-corrected chi connectivity index (χ4v) is 3.91. The summed E-state index contributed by atoms with van der Waals surface area (Å²) in [5.74, 6) is 1.51. The summed E-state index contributed by atoms with van der Waals surface area (Å²) in [6.45, 7) is 4.26. The summed E-state index contributed by atoms with van der Waals surface area (Å²) >= 11 is 0. The first-order chi connectivity index (χ1) is 15.6. The second-order valence-electron chi connectivity index (χ2n) is 8.47. The number of nitrogens with zero attached hydrogens (tertiary/aromatic N) is 1. The van der Waals surface area contributed by atoms with Gasteiger partial charge in [0, 0.05) is 28.1 Å². The molecule has 32 heavy (non-hydrogen) atoms. The first-order valence-electron chi connectivity index (χ1n) is 11.2. The topological polar surface area (TPSA) is 63.2 Å². The molecule has 1 aliphatic carbocycles. The number of carbonyl (C=O) groups is 1. The Morgan fingerprint density at radius 2 is 1.97 bits per heavy atom. The second kappa shape index (κ2) is 8.50. The van der Waals surface area contributed by atoms with Crippen LogP contribution in [0.4, 0.5) is 0 Å². The number of carbonyl (C=O) groups excluding carboxylic acids is 1. The highest BCUT2D eigenvalue weighted by Crippen LogP contribution is 2.29. The van der Waals surface area contributed by atoms with Crippen LogP contribution in [0.5, 0.6) is 11.6 Å². The van der Waals surface area contributed by atoms with Crippen LogP contribution in [0.3, 0.4) is 0 Å². The van der Waals surface area contributed by atoms with Gasteiger partial charge in [0.05, 0.1) is 5.69 Å². The zero-order chi connectivity index (χ0) is 22.1. The van der Waals surface area contributed by atoms with Crippen molar-refractivity contribution in [2.45, 2.75) is 39.3 Å². The molecule has 2 N–H and O–H groups in total. The van der Waals surface area contributed by atoms with Gasteiger partial charge in [0.1, 0.15) is 11.9 Å². The molecule has 2 aliphatic rings. The van der Waals surface area contributed by atoms with Gasteiger partial charge in [-0.25, -0.2) is 4.98 Å². The lowest BCUT2D eigenvalue weighted by atomic mass is 10.00. The Bertz CT molecular complexity index is 1280. The molecule has 1 aliphatic heterocycles. The number of amides is 1. The normalized spacial score (nSPS) is 16.8. The maximum absolute atomic E-state index is 12.3. The van der Waals surface area contributed by atoms with Crippen molar-refractivity contribution < 1.29 is 9.53 Å². The Morgan fingerprint density at radius 3 is 2.72 bits per heavy atom. The van der Waals surface area contributed by atoms with Crippen molar-refractivity contribution in [3.05, 3.63) is 76.2 Å². The van der Waals surface area contributed by atoms with E-state index in [0.717, 1.165) is 46.7 Å². The molecule has 2 heterocycles. The van der Waals surface area contributed by atoms with Gasteiger partial charge in [0.15, 0.2) is 0 Å². The number of pyridine rings is 1. The second-order valence-corrected chi connectivity index (χ2v) is 8.47. The summed E-state index contributed by atoms with van der Waals surface area (Å²) in [4.78, 5) is 17.2. The van der Waals surface area contributed by atoms with Crippen LogP contribution in [0, 0.1) is 12.8 Å². The van der Waals surface area contributed by atoms with Crippen molar-refractivity contribution in [3.8, 4) is 22.9 Å². The van der Waals surface area contributed by atoms with Crippen molar-refractivity contribution in [2.24, 2.45) is 5.92 Å². The van der Waals surface area contributed by atoms with Crippen LogP contribution in [0.1, 0.15) is 30.9 Å². The highest BCUT2D eigenvalue weighted by atomic mass is 16.5. The third-order valence-electron chi connectivity index (χ3n) is 6.00. The van der Waals surface area contributed by atoms with E-state index < -0.39 is 0 Å². The Kier molecular flexibility index (Phi) is 5.39. The zero-order valence-electron chi connectivity index (χ0n) is 18.4. The zero-order valence-corrected chi connectivity index (χ0v) is 18.4. The van der Waals surface area contributed by atoms with Crippen LogP contribution < -0.4 is 25.8 Å². The molecule has 1 fully saturated rings. The lowest BCUT2D eigenvalue weighted by molar-refractivity contribution is -0.122. The SMILES string of the molecule is CCc1ccc(C)c(-c2cc3c(c(Oc4ccccc4)n2)=CC(NC(=O)C2CC2)NC=3)c1. The quantitative estimate of drug-likeness (QED) is 0.636. The number of para-hydroxylation sites is 1. The van der Waals surface area contributed by atoms with Gasteiger partial charge in [-0.3, -0.25) is 4.79 Å². The van der Waals surface area contributed by atoms with E-state index in [9.17, 15) is 4.79 Å². The van der Waals surface area contributed by atoms with Gasteiger partial charge in [0.2, 0.25) is 11.8 Å². The summed E-state index contributed by atoms with van der Waals surface area (Å²) < 4.78 is 6.25. The summed E-state index contributed by atoms with van der Waals surface area (Å²) in [7, 11) is 0. The lowest BCUT2D eigenvalue weighted by Crippen LogP contribution is -2.49. The molecule has 0 bridgehead atoms. The van der Waals surface area contributed by atoms with E-state index in [1.807, 2.05) is 42.6 Å². The predicted octanol–water partition coefficient (Wildman–Crippen LogP) is 3.39. The van der Waals surface area contributed by atoms with Gasteiger partial charge in [0.25, 0.3) is 0 Å². The van der Waals surface area contributed by atoms with Gasteiger partial charge in [-0.2, -0.15) is 0 Å². The standard InChI is InChI=1S/C27H27N3O2/c1-3-18-10-9-17(2)22(13-18)24-14-20-16-28-25(30-26(31)19-11-12-19)15-23(20)27(29-24)32-21-7-5-4-6-8-21/h4-10,13-16,19,25,28H,3,11-12H2,1-2H3,(H,30,31). The minimum atomic E-state index is -0.286. The minimum absolute atomic E-state index is 0.0951. The van der Waals surface area contributed by atoms with Crippen LogP contribution in [-0.2, 0) is 11.2 Å². The maximum atomic E-state index is 12.3. The number of hydrogen-bond acceptors (Lipinski definition) is 4. The first-order valence-corrected chi connectivity index (χ1v) is 11.2. The number of aromatic nitrogens is 1. The molecule has 1 amide bonds. The molecule has 0 saturated heterocycles. The van der Waals surface area contributed by atoms with Gasteiger partial charge in [-0.05, 0) is 67.7 Å². The number of fused-ring (bicyclic) bond motifs is 1. The van der Waals surface area contributed by atoms with Crippen molar-refractivity contribution in [2.75, 3.05) is 0 Å². The van der Waals surface area contributed by atoms with Crippen molar-refractivity contribution >= 4 is 18.2 Å². The third-order valence-corrected chi connectivity index (χ3v) is 6.00. The lowest BCUT2D eigenvalue weighted by Gasteiger charge is -2.20. The number of aryl methyl sites for hydroxylation is 2. The molecule has 1 unspecified atom stereocenters. The van der Waals surface area contributed by atoms with Crippen LogP contribution in [0.15, 0.2) is 54.6 Å². The fraction of sp³-hybridized carbons (Fsp3) is 0.259. The van der Waals surface area contributed by atoms with E-state index in [-0.39, 0.29) is 18.0 Å². The van der Waals surface area contributed by atoms with Crippen LogP contribution >= 0.6 is 0 Å². The minimum Gasteiger partial charge on any atom is -0.438 e. The van der Waals surface area contributed by atoms with Crippen LogP contribution in [0.2, 0.25) is 0 Å². The van der Waals surface area contributed by atoms with Gasteiger partial charge in [-0.1, -0.05) is 37.3 Å². The van der Waals surface area contributed by atoms with E-state index in [2.05, 4.69) is 48.7 Å². The summed E-state index contributed by atoms with van der Waals surface area (Å²) in [6.07, 6.45) is 6.56. The maximum Gasteiger partial charge on any atom is 0.227 e. The Balaban J connectivity index is 1.60. The highest BCUT2D eigenvalue weighted by Gasteiger charge is 2.30. The molecule has 5 rings (SSSR count). The molecule has 1 aromatic heterocycles. The molecular formula is C27H27N3O2. The molecule has 5 heteroatoms. The molecule has 0 spiro atoms. The van der Waals surface area contributed by atoms with Crippen molar-refractivity contribution in [1.29, 1.82) is 0 Å².